The van der Waals surface area contributed by atoms with Crippen molar-refractivity contribution in [3.05, 3.63) is 53.8 Å². The van der Waals surface area contributed by atoms with Gasteiger partial charge in [-0.05, 0) is 19.1 Å². The molecule has 1 aromatic rings. The smallest absolute Gasteiger partial charge is 0.207 e. The van der Waals surface area contributed by atoms with Crippen molar-refractivity contribution < 1.29 is 8.42 Å². The molecule has 4 nitrogen and oxygen atoms in total. The molecule has 1 rings (SSSR count). The summed E-state index contributed by atoms with van der Waals surface area (Å²) in [5, 5.41) is 9.34. The number of sulfonamides is 1. The van der Waals surface area contributed by atoms with Gasteiger partial charge in [0.25, 0.3) is 0 Å². The van der Waals surface area contributed by atoms with E-state index in [0.717, 1.165) is 5.56 Å². The highest BCUT2D eigenvalue weighted by atomic mass is 32.2. The molecular formula is C17H24N2O2SSi. The Labute approximate surface area is 140 Å². The molecule has 0 aliphatic heterocycles. The minimum absolute atomic E-state index is 0.0724. The van der Waals surface area contributed by atoms with Gasteiger partial charge in [-0.3, -0.25) is 0 Å². The van der Waals surface area contributed by atoms with E-state index in [-0.39, 0.29) is 18.0 Å². The Morgan fingerprint density at radius 3 is 2.30 bits per heavy atom. The van der Waals surface area contributed by atoms with Crippen LogP contribution in [0.2, 0.25) is 19.6 Å². The predicted octanol–water partition coefficient (Wildman–Crippen LogP) is 3.50. The van der Waals surface area contributed by atoms with Crippen molar-refractivity contribution in [2.75, 3.05) is 13.1 Å². The number of rotatable bonds is 7. The van der Waals surface area contributed by atoms with Gasteiger partial charge in [-0.2, -0.15) is 9.57 Å². The summed E-state index contributed by atoms with van der Waals surface area (Å²) >= 11 is 0. The van der Waals surface area contributed by atoms with Crippen LogP contribution >= 0.6 is 0 Å². The van der Waals surface area contributed by atoms with Gasteiger partial charge in [-0.25, -0.2) is 8.42 Å². The van der Waals surface area contributed by atoms with Crippen molar-refractivity contribution in [1.29, 1.82) is 5.26 Å². The fourth-order valence-electron chi connectivity index (χ4n) is 2.08. The lowest BCUT2D eigenvalue weighted by Gasteiger charge is -2.21. The molecule has 0 radical (unpaired) electrons. The topological polar surface area (TPSA) is 61.2 Å². The fraction of sp³-hybridized carbons (Fsp3) is 0.353. The minimum Gasteiger partial charge on any atom is -0.207 e. The van der Waals surface area contributed by atoms with Gasteiger partial charge in [0.2, 0.25) is 10.0 Å². The Hall–Kier alpha value is -1.68. The number of hydrogen-bond acceptors (Lipinski definition) is 3. The molecule has 1 aromatic carbocycles. The largest absolute Gasteiger partial charge is 0.243 e. The normalized spacial score (nSPS) is 13.0. The molecular weight excluding hydrogens is 324 g/mol. The first kappa shape index (κ1) is 19.4. The molecule has 23 heavy (non-hydrogen) atoms. The zero-order valence-corrected chi connectivity index (χ0v) is 16.0. The van der Waals surface area contributed by atoms with Gasteiger partial charge in [0.05, 0.1) is 19.0 Å². The summed E-state index contributed by atoms with van der Waals surface area (Å²) in [4.78, 5) is 0.232. The van der Waals surface area contributed by atoms with Gasteiger partial charge in [0, 0.05) is 18.7 Å². The number of benzene rings is 1. The van der Waals surface area contributed by atoms with Crippen LogP contribution in [0.3, 0.4) is 0 Å². The van der Waals surface area contributed by atoms with E-state index in [4.69, 9.17) is 0 Å². The van der Waals surface area contributed by atoms with Gasteiger partial charge < -0.3 is 0 Å². The van der Waals surface area contributed by atoms with Crippen molar-refractivity contribution in [1.82, 2.24) is 4.31 Å². The average molecular weight is 349 g/mol. The van der Waals surface area contributed by atoms with Gasteiger partial charge >= 0.3 is 0 Å². The van der Waals surface area contributed by atoms with Crippen LogP contribution in [0.15, 0.2) is 53.1 Å². The summed E-state index contributed by atoms with van der Waals surface area (Å²) in [5.74, 6) is 0. The number of nitrogens with zero attached hydrogens (tertiary/aromatic N) is 2. The highest BCUT2D eigenvalue weighted by Crippen LogP contribution is 2.18. The quantitative estimate of drug-likeness (QED) is 0.430. The van der Waals surface area contributed by atoms with Crippen molar-refractivity contribution in [3.8, 4) is 6.07 Å². The molecule has 0 aliphatic carbocycles. The van der Waals surface area contributed by atoms with Crippen molar-refractivity contribution in [2.45, 2.75) is 31.5 Å². The molecule has 0 aromatic heterocycles. The SMILES string of the molecule is C=CCN(C/C(C#N)=C\[Si](C)(C)C)S(=O)(=O)c1ccc(C)cc1. The number of aryl methyl sites for hydroxylation is 1. The summed E-state index contributed by atoms with van der Waals surface area (Å²) in [7, 11) is -5.26. The van der Waals surface area contributed by atoms with Crippen LogP contribution < -0.4 is 0 Å². The fourth-order valence-corrected chi connectivity index (χ4v) is 4.67. The average Bonchev–Trinajstić information content (AvgIpc) is 2.45. The Morgan fingerprint density at radius 1 is 1.30 bits per heavy atom. The Morgan fingerprint density at radius 2 is 1.87 bits per heavy atom. The zero-order chi connectivity index (χ0) is 17.7. The molecule has 124 valence electrons. The maximum absolute atomic E-state index is 12.8. The number of hydrogen-bond donors (Lipinski definition) is 0. The molecule has 0 N–H and O–H groups in total. The molecule has 0 atom stereocenters. The molecule has 0 amide bonds. The maximum Gasteiger partial charge on any atom is 0.243 e. The molecule has 6 heteroatoms. The van der Waals surface area contributed by atoms with Crippen LogP contribution in [0.5, 0.6) is 0 Å². The lowest BCUT2D eigenvalue weighted by molar-refractivity contribution is 0.470. The zero-order valence-electron chi connectivity index (χ0n) is 14.2. The Bertz CT molecular complexity index is 723. The molecule has 0 aliphatic rings. The van der Waals surface area contributed by atoms with Crippen LogP contribution in [-0.4, -0.2) is 33.9 Å². The summed E-state index contributed by atoms with van der Waals surface area (Å²) < 4.78 is 26.9. The first-order valence-corrected chi connectivity index (χ1v) is 12.4. The third-order valence-corrected chi connectivity index (χ3v) is 6.13. The van der Waals surface area contributed by atoms with E-state index in [1.807, 2.05) is 12.6 Å². The van der Waals surface area contributed by atoms with E-state index in [9.17, 15) is 13.7 Å². The second-order valence-corrected chi connectivity index (χ2v) is 13.5. The summed E-state index contributed by atoms with van der Waals surface area (Å²) in [6.45, 7) is 12.1. The number of nitriles is 1. The highest BCUT2D eigenvalue weighted by Gasteiger charge is 2.25. The lowest BCUT2D eigenvalue weighted by Crippen LogP contribution is -2.33. The van der Waals surface area contributed by atoms with Gasteiger partial charge in [-0.15, -0.1) is 6.58 Å². The highest BCUT2D eigenvalue weighted by molar-refractivity contribution is 7.89. The van der Waals surface area contributed by atoms with Crippen LogP contribution in [0.4, 0.5) is 0 Å². The Kier molecular flexibility index (Phi) is 6.51. The van der Waals surface area contributed by atoms with E-state index in [2.05, 4.69) is 32.3 Å². The second-order valence-electron chi connectivity index (χ2n) is 6.55. The first-order valence-electron chi connectivity index (χ1n) is 7.39. The summed E-state index contributed by atoms with van der Waals surface area (Å²) in [5.41, 5.74) is 3.42. The van der Waals surface area contributed by atoms with E-state index in [1.165, 1.54) is 10.4 Å². The van der Waals surface area contributed by atoms with Crippen molar-refractivity contribution in [3.63, 3.8) is 0 Å². The molecule has 0 saturated heterocycles. The van der Waals surface area contributed by atoms with Gasteiger partial charge in [0.15, 0.2) is 0 Å². The maximum atomic E-state index is 12.8. The first-order chi connectivity index (χ1) is 10.6. The predicted molar refractivity (Wildman–Crippen MR) is 97.2 cm³/mol. The third kappa shape index (κ3) is 5.79. The van der Waals surface area contributed by atoms with Crippen molar-refractivity contribution >= 4 is 18.1 Å². The molecule has 0 fully saturated rings. The molecule has 0 saturated carbocycles. The van der Waals surface area contributed by atoms with Crippen molar-refractivity contribution in [2.24, 2.45) is 0 Å². The van der Waals surface area contributed by atoms with E-state index < -0.39 is 18.1 Å². The molecule has 0 unspecified atom stereocenters. The summed E-state index contributed by atoms with van der Waals surface area (Å²) in [6, 6.07) is 8.85. The van der Waals surface area contributed by atoms with E-state index in [0.29, 0.717) is 5.57 Å². The van der Waals surface area contributed by atoms with E-state index in [1.54, 1.807) is 24.3 Å². The standard InChI is InChI=1S/C17H24N2O2SSi/c1-6-11-19(13-16(12-18)14-23(3,4)5)22(20,21)17-9-7-15(2)8-10-17/h6-10,14H,1,11,13H2,2-5H3/b16-14-. The van der Waals surface area contributed by atoms with Crippen LogP contribution in [0.25, 0.3) is 0 Å². The van der Waals surface area contributed by atoms with E-state index >= 15 is 0 Å². The van der Waals surface area contributed by atoms with Gasteiger partial charge in [0.1, 0.15) is 0 Å². The lowest BCUT2D eigenvalue weighted by atomic mass is 10.2. The van der Waals surface area contributed by atoms with Crippen LogP contribution in [0, 0.1) is 18.3 Å². The molecule has 0 bridgehead atoms. The Balaban J connectivity index is 3.20. The van der Waals surface area contributed by atoms with Crippen LogP contribution in [0.1, 0.15) is 5.56 Å². The summed E-state index contributed by atoms with van der Waals surface area (Å²) in [6.07, 6.45) is 1.54. The van der Waals surface area contributed by atoms with Gasteiger partial charge in [-0.1, -0.05) is 49.1 Å². The third-order valence-electron chi connectivity index (χ3n) is 3.09. The van der Waals surface area contributed by atoms with Crippen LogP contribution in [-0.2, 0) is 10.0 Å². The molecule has 0 spiro atoms. The second kappa shape index (κ2) is 7.73. The molecule has 0 heterocycles. The monoisotopic (exact) mass is 348 g/mol. The minimum atomic E-state index is -3.66.